The summed E-state index contributed by atoms with van der Waals surface area (Å²) in [5.41, 5.74) is 2.63. The van der Waals surface area contributed by atoms with Crippen LogP contribution in [-0.2, 0) is 30.5 Å². The average molecular weight is 667 g/mol. The molecule has 0 radical (unpaired) electrons. The van der Waals surface area contributed by atoms with E-state index in [2.05, 4.69) is 26.0 Å². The largest absolute Gasteiger partial charge is 0.491 e. The number of carbonyl (C=O) groups excluding carboxylic acids is 5. The summed E-state index contributed by atoms with van der Waals surface area (Å²) in [7, 11) is 0. The van der Waals surface area contributed by atoms with E-state index in [1.54, 1.807) is 36.4 Å². The Balaban J connectivity index is 1.51. The van der Waals surface area contributed by atoms with Crippen molar-refractivity contribution in [1.29, 1.82) is 0 Å². The first kappa shape index (κ1) is 34.9. The number of nitrogens with one attached hydrogen (secondary N) is 4. The van der Waals surface area contributed by atoms with Gasteiger partial charge in [0.25, 0.3) is 0 Å². The highest BCUT2D eigenvalue weighted by molar-refractivity contribution is 6.35. The van der Waals surface area contributed by atoms with E-state index in [0.29, 0.717) is 21.2 Å². The summed E-state index contributed by atoms with van der Waals surface area (Å²) in [5.74, 6) is -5.56. The van der Waals surface area contributed by atoms with E-state index < -0.39 is 55.0 Å². The van der Waals surface area contributed by atoms with Crippen LogP contribution in [0.4, 0.5) is 18.0 Å². The van der Waals surface area contributed by atoms with Crippen molar-refractivity contribution in [1.82, 2.24) is 21.3 Å². The lowest BCUT2D eigenvalue weighted by atomic mass is 9.99. The Morgan fingerprint density at radius 2 is 1.47 bits per heavy atom. The van der Waals surface area contributed by atoms with Crippen LogP contribution in [0.5, 0.6) is 0 Å². The topological polar surface area (TPSA) is 143 Å². The van der Waals surface area contributed by atoms with Crippen molar-refractivity contribution < 1.29 is 41.9 Å². The van der Waals surface area contributed by atoms with Crippen molar-refractivity contribution in [3.8, 4) is 11.1 Å². The summed E-state index contributed by atoms with van der Waals surface area (Å²) in [5, 5.41) is 10.7. The molecule has 0 saturated carbocycles. The van der Waals surface area contributed by atoms with E-state index in [-0.39, 0.29) is 19.5 Å². The molecule has 3 aromatic carbocycles. The maximum absolute atomic E-state index is 12.6. The van der Waals surface area contributed by atoms with Crippen molar-refractivity contribution in [2.75, 3.05) is 13.1 Å². The second-order valence-electron chi connectivity index (χ2n) is 9.44. The van der Waals surface area contributed by atoms with Crippen molar-refractivity contribution >= 4 is 53.0 Å². The zero-order valence-corrected chi connectivity index (χ0v) is 24.9. The van der Waals surface area contributed by atoms with E-state index in [9.17, 15) is 37.1 Å². The monoisotopic (exact) mass is 666 g/mol. The average Bonchev–Trinajstić information content (AvgIpc) is 2.99. The maximum Gasteiger partial charge on any atom is 0.491 e. The van der Waals surface area contributed by atoms with Gasteiger partial charge >= 0.3 is 24.1 Å². The molecule has 3 aromatic rings. The molecular formula is C30H27Cl2F3N4O6. The number of carbonyl (C=O) groups is 5. The Bertz CT molecular complexity index is 1520. The summed E-state index contributed by atoms with van der Waals surface area (Å²) in [6.45, 7) is -0.499. The fraction of sp³-hybridized carbons (Fsp3) is 0.233. The SMILES string of the molecule is O=C(CCNC(=O)NCc1ccc(Cl)cc1Cl)NCC(=O)NC(CC(=O)OC(=O)C(F)(F)F)c1ccc(-c2ccccc2)cc1. The first-order chi connectivity index (χ1) is 21.3. The van der Waals surface area contributed by atoms with Gasteiger partial charge in [-0.15, -0.1) is 0 Å². The first-order valence-electron chi connectivity index (χ1n) is 13.3. The quantitative estimate of drug-likeness (QED) is 0.161. The predicted octanol–water partition coefficient (Wildman–Crippen LogP) is 4.85. The minimum atomic E-state index is -5.38. The molecule has 10 nitrogen and oxygen atoms in total. The van der Waals surface area contributed by atoms with Crippen LogP contribution in [0, 0.1) is 0 Å². The summed E-state index contributed by atoms with van der Waals surface area (Å²) in [6, 6.07) is 18.7. The van der Waals surface area contributed by atoms with Gasteiger partial charge in [0, 0.05) is 29.6 Å². The number of rotatable bonds is 12. The Morgan fingerprint density at radius 3 is 2.11 bits per heavy atom. The van der Waals surface area contributed by atoms with Gasteiger partial charge in [-0.25, -0.2) is 9.59 Å². The number of ether oxygens (including phenoxy) is 1. The maximum atomic E-state index is 12.6. The second-order valence-corrected chi connectivity index (χ2v) is 10.3. The smallest absolute Gasteiger partial charge is 0.386 e. The first-order valence-corrected chi connectivity index (χ1v) is 14.1. The Hall–Kier alpha value is -4.62. The molecule has 45 heavy (non-hydrogen) atoms. The Morgan fingerprint density at radius 1 is 0.800 bits per heavy atom. The van der Waals surface area contributed by atoms with E-state index in [1.807, 2.05) is 30.3 Å². The lowest BCUT2D eigenvalue weighted by molar-refractivity contribution is -0.202. The summed E-state index contributed by atoms with van der Waals surface area (Å²) in [6.07, 6.45) is -6.36. The summed E-state index contributed by atoms with van der Waals surface area (Å²) >= 11 is 11.9. The van der Waals surface area contributed by atoms with Crippen molar-refractivity contribution in [3.05, 3.63) is 94.0 Å². The number of benzene rings is 3. The van der Waals surface area contributed by atoms with E-state index >= 15 is 0 Å². The second kappa shape index (κ2) is 16.5. The standard InChI is InChI=1S/C30H27Cl2F3N4O6/c31-22-11-10-21(23(32)14-22)16-38-29(44)36-13-12-25(40)37-17-26(41)39-24(15-27(42)45-28(43)30(33,34)35)20-8-6-19(7-9-20)18-4-2-1-3-5-18/h1-11,14,24H,12-13,15-17H2,(H,37,40)(H,39,41)(H2,36,38,44). The number of hydrogen-bond acceptors (Lipinski definition) is 6. The van der Waals surface area contributed by atoms with E-state index in [1.165, 1.54) is 6.07 Å². The lowest BCUT2D eigenvalue weighted by Gasteiger charge is -2.19. The lowest BCUT2D eigenvalue weighted by Crippen LogP contribution is -2.41. The van der Waals surface area contributed by atoms with Gasteiger partial charge in [0.1, 0.15) is 0 Å². The number of halogens is 5. The van der Waals surface area contributed by atoms with Gasteiger partial charge < -0.3 is 26.0 Å². The molecule has 4 N–H and O–H groups in total. The molecule has 1 unspecified atom stereocenters. The van der Waals surface area contributed by atoms with Crippen molar-refractivity contribution in [2.45, 2.75) is 31.6 Å². The molecule has 0 fully saturated rings. The van der Waals surface area contributed by atoms with Gasteiger partial charge in [0.05, 0.1) is 19.0 Å². The van der Waals surface area contributed by atoms with Crippen LogP contribution in [0.3, 0.4) is 0 Å². The van der Waals surface area contributed by atoms with Gasteiger partial charge in [-0.2, -0.15) is 13.2 Å². The number of alkyl halides is 3. The Labute approximate surface area is 265 Å². The number of esters is 2. The fourth-order valence-corrected chi connectivity index (χ4v) is 4.34. The van der Waals surface area contributed by atoms with Gasteiger partial charge in [-0.3, -0.25) is 14.4 Å². The zero-order valence-electron chi connectivity index (χ0n) is 23.4. The number of amides is 4. The van der Waals surface area contributed by atoms with Crippen LogP contribution in [0.2, 0.25) is 10.0 Å². The molecule has 0 heterocycles. The molecule has 0 spiro atoms. The van der Waals surface area contributed by atoms with Crippen LogP contribution in [-0.4, -0.2) is 49.0 Å². The molecule has 0 saturated heterocycles. The van der Waals surface area contributed by atoms with E-state index in [4.69, 9.17) is 23.2 Å². The third-order valence-corrected chi connectivity index (χ3v) is 6.69. The Kier molecular flexibility index (Phi) is 12.7. The fourth-order valence-electron chi connectivity index (χ4n) is 3.87. The number of urea groups is 1. The summed E-state index contributed by atoms with van der Waals surface area (Å²) in [4.78, 5) is 60.0. The minimum Gasteiger partial charge on any atom is -0.386 e. The molecule has 0 aromatic heterocycles. The highest BCUT2D eigenvalue weighted by Gasteiger charge is 2.42. The molecule has 0 bridgehead atoms. The normalized spacial score (nSPS) is 11.6. The molecule has 0 aliphatic rings. The highest BCUT2D eigenvalue weighted by atomic mass is 35.5. The van der Waals surface area contributed by atoms with Crippen molar-refractivity contribution in [2.24, 2.45) is 0 Å². The molecule has 4 amide bonds. The third kappa shape index (κ3) is 11.8. The van der Waals surface area contributed by atoms with Crippen LogP contribution in [0.1, 0.15) is 30.0 Å². The van der Waals surface area contributed by atoms with Crippen LogP contribution in [0.15, 0.2) is 72.8 Å². The molecule has 0 aliphatic heterocycles. The van der Waals surface area contributed by atoms with Crippen molar-refractivity contribution in [3.63, 3.8) is 0 Å². The van der Waals surface area contributed by atoms with Gasteiger partial charge in [0.15, 0.2) is 0 Å². The van der Waals surface area contributed by atoms with Gasteiger partial charge in [0.2, 0.25) is 11.8 Å². The molecule has 238 valence electrons. The molecule has 15 heteroatoms. The third-order valence-electron chi connectivity index (χ3n) is 6.10. The number of hydrogen-bond donors (Lipinski definition) is 4. The summed E-state index contributed by atoms with van der Waals surface area (Å²) < 4.78 is 41.6. The van der Waals surface area contributed by atoms with Crippen LogP contribution >= 0.6 is 23.2 Å². The molecule has 1 atom stereocenters. The zero-order chi connectivity index (χ0) is 33.0. The van der Waals surface area contributed by atoms with E-state index in [0.717, 1.165) is 11.1 Å². The molecule has 0 aliphatic carbocycles. The van der Waals surface area contributed by atoms with Crippen LogP contribution in [0.25, 0.3) is 11.1 Å². The highest BCUT2D eigenvalue weighted by Crippen LogP contribution is 2.25. The minimum absolute atomic E-state index is 0.0664. The predicted molar refractivity (Wildman–Crippen MR) is 159 cm³/mol. The molecular weight excluding hydrogens is 640 g/mol. The van der Waals surface area contributed by atoms with Gasteiger partial charge in [-0.05, 0) is 34.4 Å². The van der Waals surface area contributed by atoms with Gasteiger partial charge in [-0.1, -0.05) is 83.9 Å². The van der Waals surface area contributed by atoms with Crippen LogP contribution < -0.4 is 21.3 Å². The molecule has 3 rings (SSSR count).